The van der Waals surface area contributed by atoms with Gasteiger partial charge < -0.3 is 15.0 Å². The number of carbonyl (C=O) groups excluding carboxylic acids is 1. The quantitative estimate of drug-likeness (QED) is 0.904. The molecule has 134 valence electrons. The fourth-order valence-electron chi connectivity index (χ4n) is 3.64. The Morgan fingerprint density at radius 1 is 1.21 bits per heavy atom. The predicted octanol–water partition coefficient (Wildman–Crippen LogP) is 3.21. The molecule has 3 rings (SSSR count). The summed E-state index contributed by atoms with van der Waals surface area (Å²) in [5.74, 6) is 1.39. The Morgan fingerprint density at radius 2 is 1.88 bits per heavy atom. The normalized spacial score (nSPS) is 19.4. The van der Waals surface area contributed by atoms with E-state index >= 15 is 0 Å². The number of hydrogen-bond donors (Lipinski definition) is 1. The molecule has 1 spiro atoms. The standard InChI is InChI=1S/C19H28N2O2.ClH/c1-15(2)16-3-5-17(6-4-16)23-13-18(22)21-11-8-19(9-12-21)7-10-20-14-19;/h3-6,15,20H,7-14H2,1-2H3;1H. The SMILES string of the molecule is CC(C)c1ccc(OCC(=O)N2CCC3(CCNC3)CC2)cc1.Cl. The minimum Gasteiger partial charge on any atom is -0.484 e. The fourth-order valence-corrected chi connectivity index (χ4v) is 3.64. The van der Waals surface area contributed by atoms with Crippen LogP contribution in [0.2, 0.25) is 0 Å². The second kappa shape index (κ2) is 8.21. The summed E-state index contributed by atoms with van der Waals surface area (Å²) in [7, 11) is 0. The maximum Gasteiger partial charge on any atom is 0.260 e. The molecule has 4 nitrogen and oxygen atoms in total. The van der Waals surface area contributed by atoms with Crippen LogP contribution in [-0.4, -0.2) is 43.6 Å². The number of halogens is 1. The molecule has 0 bridgehead atoms. The molecule has 2 fully saturated rings. The van der Waals surface area contributed by atoms with Crippen molar-refractivity contribution >= 4 is 18.3 Å². The van der Waals surface area contributed by atoms with Gasteiger partial charge in [0.25, 0.3) is 5.91 Å². The summed E-state index contributed by atoms with van der Waals surface area (Å²) in [6.45, 7) is 8.47. The average molecular weight is 353 g/mol. The van der Waals surface area contributed by atoms with Gasteiger partial charge in [0.2, 0.25) is 0 Å². The number of rotatable bonds is 4. The van der Waals surface area contributed by atoms with Crippen LogP contribution in [0.5, 0.6) is 5.75 Å². The van der Waals surface area contributed by atoms with Gasteiger partial charge in [-0.2, -0.15) is 0 Å². The fraction of sp³-hybridized carbons (Fsp3) is 0.632. The van der Waals surface area contributed by atoms with Gasteiger partial charge in [-0.1, -0.05) is 26.0 Å². The topological polar surface area (TPSA) is 41.6 Å². The van der Waals surface area contributed by atoms with Crippen molar-refractivity contribution in [2.24, 2.45) is 5.41 Å². The van der Waals surface area contributed by atoms with Crippen LogP contribution in [-0.2, 0) is 4.79 Å². The number of carbonyl (C=O) groups is 1. The lowest BCUT2D eigenvalue weighted by atomic mass is 9.78. The second-order valence-electron chi connectivity index (χ2n) is 7.32. The van der Waals surface area contributed by atoms with Crippen molar-refractivity contribution in [2.45, 2.75) is 39.0 Å². The highest BCUT2D eigenvalue weighted by Crippen LogP contribution is 2.36. The maximum absolute atomic E-state index is 12.3. The van der Waals surface area contributed by atoms with Gasteiger partial charge in [-0.25, -0.2) is 0 Å². The molecule has 1 aromatic rings. The molecular weight excluding hydrogens is 324 g/mol. The van der Waals surface area contributed by atoms with E-state index in [1.54, 1.807) is 0 Å². The van der Waals surface area contributed by atoms with Crippen molar-refractivity contribution in [1.29, 1.82) is 0 Å². The first kappa shape index (κ1) is 19.1. The summed E-state index contributed by atoms with van der Waals surface area (Å²) in [6.07, 6.45) is 3.50. The Bertz CT molecular complexity index is 529. The van der Waals surface area contributed by atoms with E-state index in [1.807, 2.05) is 17.0 Å². The Hall–Kier alpha value is -1.26. The van der Waals surface area contributed by atoms with Crippen molar-refractivity contribution in [1.82, 2.24) is 10.2 Å². The molecule has 1 amide bonds. The first-order chi connectivity index (χ1) is 11.1. The van der Waals surface area contributed by atoms with Gasteiger partial charge in [-0.3, -0.25) is 4.79 Å². The number of amides is 1. The van der Waals surface area contributed by atoms with Crippen molar-refractivity contribution in [3.63, 3.8) is 0 Å². The minimum atomic E-state index is 0. The van der Waals surface area contributed by atoms with E-state index in [1.165, 1.54) is 12.0 Å². The molecule has 0 saturated carbocycles. The van der Waals surface area contributed by atoms with Crippen LogP contribution >= 0.6 is 12.4 Å². The zero-order valence-corrected chi connectivity index (χ0v) is 15.5. The van der Waals surface area contributed by atoms with E-state index in [4.69, 9.17) is 4.74 Å². The second-order valence-corrected chi connectivity index (χ2v) is 7.32. The summed E-state index contributed by atoms with van der Waals surface area (Å²) in [6, 6.07) is 8.06. The maximum atomic E-state index is 12.3. The molecule has 24 heavy (non-hydrogen) atoms. The summed E-state index contributed by atoms with van der Waals surface area (Å²) in [5, 5.41) is 3.46. The summed E-state index contributed by atoms with van der Waals surface area (Å²) in [4.78, 5) is 14.3. The van der Waals surface area contributed by atoms with Gasteiger partial charge in [-0.05, 0) is 54.8 Å². The average Bonchev–Trinajstić information content (AvgIpc) is 3.02. The zero-order valence-electron chi connectivity index (χ0n) is 14.7. The van der Waals surface area contributed by atoms with Crippen LogP contribution in [0.25, 0.3) is 0 Å². The van der Waals surface area contributed by atoms with Crippen LogP contribution < -0.4 is 10.1 Å². The molecule has 0 radical (unpaired) electrons. The Labute approximate surface area is 151 Å². The Kier molecular flexibility index (Phi) is 6.53. The van der Waals surface area contributed by atoms with Gasteiger partial charge >= 0.3 is 0 Å². The van der Waals surface area contributed by atoms with Crippen LogP contribution in [0.3, 0.4) is 0 Å². The van der Waals surface area contributed by atoms with E-state index < -0.39 is 0 Å². The molecule has 0 aromatic heterocycles. The molecule has 1 N–H and O–H groups in total. The number of likely N-dealkylation sites (tertiary alicyclic amines) is 1. The lowest BCUT2D eigenvalue weighted by molar-refractivity contribution is -0.135. The van der Waals surface area contributed by atoms with Crippen LogP contribution in [0.1, 0.15) is 44.6 Å². The number of piperidine rings is 1. The van der Waals surface area contributed by atoms with Gasteiger partial charge in [0.05, 0.1) is 0 Å². The lowest BCUT2D eigenvalue weighted by Crippen LogP contribution is -2.45. The monoisotopic (exact) mass is 352 g/mol. The molecule has 2 saturated heterocycles. The molecule has 5 heteroatoms. The van der Waals surface area contributed by atoms with Gasteiger partial charge in [0, 0.05) is 19.6 Å². The number of nitrogens with zero attached hydrogens (tertiary/aromatic N) is 1. The molecule has 2 heterocycles. The van der Waals surface area contributed by atoms with E-state index in [0.717, 1.165) is 44.8 Å². The van der Waals surface area contributed by atoms with Gasteiger partial charge in [-0.15, -0.1) is 12.4 Å². The highest BCUT2D eigenvalue weighted by Gasteiger charge is 2.37. The molecular formula is C19H29ClN2O2. The van der Waals surface area contributed by atoms with E-state index in [9.17, 15) is 4.79 Å². The Morgan fingerprint density at radius 3 is 2.42 bits per heavy atom. The largest absolute Gasteiger partial charge is 0.484 e. The third-order valence-electron chi connectivity index (χ3n) is 5.42. The predicted molar refractivity (Wildman–Crippen MR) is 99.0 cm³/mol. The van der Waals surface area contributed by atoms with Gasteiger partial charge in [0.15, 0.2) is 6.61 Å². The van der Waals surface area contributed by atoms with Crippen LogP contribution in [0, 0.1) is 5.41 Å². The highest BCUT2D eigenvalue weighted by molar-refractivity contribution is 5.85. The first-order valence-electron chi connectivity index (χ1n) is 8.79. The smallest absolute Gasteiger partial charge is 0.260 e. The first-order valence-corrected chi connectivity index (χ1v) is 8.79. The van der Waals surface area contributed by atoms with E-state index in [-0.39, 0.29) is 24.9 Å². The molecule has 2 aliphatic rings. The highest BCUT2D eigenvalue weighted by atomic mass is 35.5. The van der Waals surface area contributed by atoms with Crippen molar-refractivity contribution in [3.8, 4) is 5.75 Å². The third-order valence-corrected chi connectivity index (χ3v) is 5.42. The summed E-state index contributed by atoms with van der Waals surface area (Å²) < 4.78 is 5.67. The van der Waals surface area contributed by atoms with Crippen molar-refractivity contribution in [2.75, 3.05) is 32.8 Å². The number of ether oxygens (including phenoxy) is 1. The third kappa shape index (κ3) is 4.42. The van der Waals surface area contributed by atoms with Crippen LogP contribution in [0.15, 0.2) is 24.3 Å². The number of nitrogens with one attached hydrogen (secondary N) is 1. The molecule has 1 aromatic carbocycles. The Balaban J connectivity index is 0.00000208. The van der Waals surface area contributed by atoms with Crippen molar-refractivity contribution in [3.05, 3.63) is 29.8 Å². The summed E-state index contributed by atoms with van der Waals surface area (Å²) in [5.41, 5.74) is 1.74. The number of hydrogen-bond acceptors (Lipinski definition) is 3. The molecule has 2 aliphatic heterocycles. The van der Waals surface area contributed by atoms with Crippen LogP contribution in [0.4, 0.5) is 0 Å². The van der Waals surface area contributed by atoms with E-state index in [0.29, 0.717) is 11.3 Å². The molecule has 0 unspecified atom stereocenters. The zero-order chi connectivity index (χ0) is 16.3. The summed E-state index contributed by atoms with van der Waals surface area (Å²) >= 11 is 0. The van der Waals surface area contributed by atoms with E-state index in [2.05, 4.69) is 31.3 Å². The molecule has 0 aliphatic carbocycles. The lowest BCUT2D eigenvalue weighted by Gasteiger charge is -2.38. The van der Waals surface area contributed by atoms with Gasteiger partial charge in [0.1, 0.15) is 5.75 Å². The van der Waals surface area contributed by atoms with Crippen molar-refractivity contribution < 1.29 is 9.53 Å². The molecule has 0 atom stereocenters. The number of benzene rings is 1. The minimum absolute atomic E-state index is 0.